The van der Waals surface area contributed by atoms with Crippen LogP contribution in [-0.2, 0) is 4.79 Å². The average molecular weight is 265 g/mol. The molecule has 2 aromatic rings. The Hall–Kier alpha value is -2.09. The molecule has 0 heterocycles. The van der Waals surface area contributed by atoms with Crippen molar-refractivity contribution in [2.45, 2.75) is 25.3 Å². The van der Waals surface area contributed by atoms with Crippen molar-refractivity contribution >= 4 is 5.91 Å². The summed E-state index contributed by atoms with van der Waals surface area (Å²) in [5, 5.41) is 3.12. The second kappa shape index (κ2) is 5.49. The Labute approximate surface area is 119 Å². The Bertz CT molecular complexity index is 579. The molecule has 2 nitrogen and oxygen atoms in total. The summed E-state index contributed by atoms with van der Waals surface area (Å²) in [7, 11) is 0. The monoisotopic (exact) mass is 265 g/mol. The van der Waals surface area contributed by atoms with E-state index in [1.165, 1.54) is 5.56 Å². The molecule has 1 fully saturated rings. The van der Waals surface area contributed by atoms with E-state index in [9.17, 15) is 4.79 Å². The predicted octanol–water partition coefficient (Wildman–Crippen LogP) is 3.67. The summed E-state index contributed by atoms with van der Waals surface area (Å²) in [6, 6.07) is 20.5. The zero-order valence-corrected chi connectivity index (χ0v) is 11.6. The fraction of sp³-hybridized carbons (Fsp3) is 0.278. The van der Waals surface area contributed by atoms with Crippen LogP contribution in [0.1, 0.15) is 36.4 Å². The van der Waals surface area contributed by atoms with Crippen LogP contribution in [0.15, 0.2) is 60.7 Å². The molecule has 102 valence electrons. The van der Waals surface area contributed by atoms with Crippen LogP contribution in [0.5, 0.6) is 0 Å². The van der Waals surface area contributed by atoms with Gasteiger partial charge in [0.25, 0.3) is 0 Å². The molecule has 0 saturated heterocycles. The molecule has 0 spiro atoms. The lowest BCUT2D eigenvalue weighted by Crippen LogP contribution is -2.28. The zero-order chi connectivity index (χ0) is 13.9. The van der Waals surface area contributed by atoms with Crippen LogP contribution in [0, 0.1) is 5.92 Å². The van der Waals surface area contributed by atoms with Gasteiger partial charge >= 0.3 is 0 Å². The standard InChI is InChI=1S/C18H19NO/c1-13(14-8-4-2-5-9-14)19-18(20)17-12-16(17)15-10-6-3-7-11-15/h2-11,13,16-17H,12H2,1H3,(H,19,20)/t13-,16+,17-/m0/s1. The number of carbonyl (C=O) groups is 1. The third-order valence-electron chi connectivity index (χ3n) is 4.01. The number of hydrogen-bond acceptors (Lipinski definition) is 1. The summed E-state index contributed by atoms with van der Waals surface area (Å²) in [6.45, 7) is 2.03. The van der Waals surface area contributed by atoms with Crippen molar-refractivity contribution in [3.8, 4) is 0 Å². The molecular weight excluding hydrogens is 246 g/mol. The third-order valence-corrected chi connectivity index (χ3v) is 4.01. The minimum atomic E-state index is 0.0701. The van der Waals surface area contributed by atoms with E-state index in [0.717, 1.165) is 12.0 Å². The molecule has 1 aliphatic rings. The topological polar surface area (TPSA) is 29.1 Å². The summed E-state index contributed by atoms with van der Waals surface area (Å²) in [5.41, 5.74) is 2.43. The highest BCUT2D eigenvalue weighted by atomic mass is 16.2. The first-order chi connectivity index (χ1) is 9.75. The zero-order valence-electron chi connectivity index (χ0n) is 11.6. The van der Waals surface area contributed by atoms with Gasteiger partial charge < -0.3 is 5.32 Å². The Morgan fingerprint density at radius 3 is 2.30 bits per heavy atom. The normalized spacial score (nSPS) is 22.1. The summed E-state index contributed by atoms with van der Waals surface area (Å²) in [4.78, 5) is 12.3. The van der Waals surface area contributed by atoms with Crippen LogP contribution in [0.3, 0.4) is 0 Å². The summed E-state index contributed by atoms with van der Waals surface area (Å²) in [6.07, 6.45) is 0.970. The third kappa shape index (κ3) is 2.74. The van der Waals surface area contributed by atoms with Crippen molar-refractivity contribution in [1.29, 1.82) is 0 Å². The molecule has 1 saturated carbocycles. The first kappa shape index (κ1) is 12.9. The van der Waals surface area contributed by atoms with Gasteiger partial charge in [0.2, 0.25) is 5.91 Å². The second-order valence-corrected chi connectivity index (χ2v) is 5.50. The molecule has 0 aromatic heterocycles. The Morgan fingerprint density at radius 1 is 1.05 bits per heavy atom. The lowest BCUT2D eigenvalue weighted by molar-refractivity contribution is -0.123. The van der Waals surface area contributed by atoms with Gasteiger partial charge in [0.1, 0.15) is 0 Å². The number of rotatable bonds is 4. The molecule has 0 radical (unpaired) electrons. The van der Waals surface area contributed by atoms with Gasteiger partial charge in [0.15, 0.2) is 0 Å². The van der Waals surface area contributed by atoms with Crippen molar-refractivity contribution in [3.63, 3.8) is 0 Å². The molecular formula is C18H19NO. The summed E-state index contributed by atoms with van der Waals surface area (Å²) < 4.78 is 0. The van der Waals surface area contributed by atoms with Crippen LogP contribution >= 0.6 is 0 Å². The minimum absolute atomic E-state index is 0.0701. The van der Waals surface area contributed by atoms with E-state index in [0.29, 0.717) is 5.92 Å². The Kier molecular flexibility index (Phi) is 3.55. The van der Waals surface area contributed by atoms with Crippen molar-refractivity contribution < 1.29 is 4.79 Å². The SMILES string of the molecule is C[C@H](NC(=O)[C@H]1C[C@@H]1c1ccccc1)c1ccccc1. The molecule has 20 heavy (non-hydrogen) atoms. The number of carbonyl (C=O) groups excluding carboxylic acids is 1. The van der Waals surface area contributed by atoms with Crippen molar-refractivity contribution in [2.75, 3.05) is 0 Å². The number of amides is 1. The fourth-order valence-corrected chi connectivity index (χ4v) is 2.70. The second-order valence-electron chi connectivity index (χ2n) is 5.50. The van der Waals surface area contributed by atoms with E-state index in [1.54, 1.807) is 0 Å². The van der Waals surface area contributed by atoms with E-state index in [2.05, 4.69) is 17.4 Å². The van der Waals surface area contributed by atoms with Crippen LogP contribution in [-0.4, -0.2) is 5.91 Å². The van der Waals surface area contributed by atoms with Crippen LogP contribution in [0.2, 0.25) is 0 Å². The molecule has 0 aliphatic heterocycles. The van der Waals surface area contributed by atoms with Gasteiger partial charge in [-0.15, -0.1) is 0 Å². The molecule has 1 aliphatic carbocycles. The highest BCUT2D eigenvalue weighted by Crippen LogP contribution is 2.47. The van der Waals surface area contributed by atoms with Crippen LogP contribution < -0.4 is 5.32 Å². The maximum absolute atomic E-state index is 12.3. The lowest BCUT2D eigenvalue weighted by atomic mass is 10.1. The van der Waals surface area contributed by atoms with E-state index in [-0.39, 0.29) is 17.9 Å². The molecule has 0 bridgehead atoms. The molecule has 2 aromatic carbocycles. The van der Waals surface area contributed by atoms with Gasteiger partial charge in [-0.05, 0) is 30.4 Å². The summed E-state index contributed by atoms with van der Waals surface area (Å²) >= 11 is 0. The number of hydrogen-bond donors (Lipinski definition) is 1. The maximum Gasteiger partial charge on any atom is 0.224 e. The fourth-order valence-electron chi connectivity index (χ4n) is 2.70. The molecule has 1 N–H and O–H groups in total. The molecule has 2 heteroatoms. The summed E-state index contributed by atoms with van der Waals surface area (Å²) in [5.74, 6) is 0.720. The lowest BCUT2D eigenvalue weighted by Gasteiger charge is -2.14. The van der Waals surface area contributed by atoms with E-state index < -0.39 is 0 Å². The first-order valence-corrected chi connectivity index (χ1v) is 7.16. The van der Waals surface area contributed by atoms with Gasteiger partial charge in [-0.25, -0.2) is 0 Å². The van der Waals surface area contributed by atoms with Gasteiger partial charge in [-0.3, -0.25) is 4.79 Å². The molecule has 3 rings (SSSR count). The van der Waals surface area contributed by atoms with E-state index >= 15 is 0 Å². The van der Waals surface area contributed by atoms with E-state index in [4.69, 9.17) is 0 Å². The van der Waals surface area contributed by atoms with Gasteiger partial charge in [0, 0.05) is 5.92 Å². The number of nitrogens with one attached hydrogen (secondary N) is 1. The quantitative estimate of drug-likeness (QED) is 0.898. The van der Waals surface area contributed by atoms with Gasteiger partial charge in [-0.2, -0.15) is 0 Å². The number of benzene rings is 2. The Balaban J connectivity index is 1.59. The maximum atomic E-state index is 12.3. The smallest absolute Gasteiger partial charge is 0.224 e. The minimum Gasteiger partial charge on any atom is -0.349 e. The van der Waals surface area contributed by atoms with Crippen LogP contribution in [0.25, 0.3) is 0 Å². The highest BCUT2D eigenvalue weighted by Gasteiger charge is 2.44. The molecule has 1 amide bonds. The van der Waals surface area contributed by atoms with Crippen LogP contribution in [0.4, 0.5) is 0 Å². The predicted molar refractivity (Wildman–Crippen MR) is 80.3 cm³/mol. The van der Waals surface area contributed by atoms with Gasteiger partial charge in [0.05, 0.1) is 6.04 Å². The Morgan fingerprint density at radius 2 is 1.65 bits per heavy atom. The molecule has 3 atom stereocenters. The van der Waals surface area contributed by atoms with Crippen molar-refractivity contribution in [2.24, 2.45) is 5.92 Å². The first-order valence-electron chi connectivity index (χ1n) is 7.16. The largest absolute Gasteiger partial charge is 0.349 e. The van der Waals surface area contributed by atoms with Crippen molar-refractivity contribution in [1.82, 2.24) is 5.32 Å². The highest BCUT2D eigenvalue weighted by molar-refractivity contribution is 5.83. The van der Waals surface area contributed by atoms with E-state index in [1.807, 2.05) is 55.5 Å². The average Bonchev–Trinajstić information content (AvgIpc) is 3.29. The molecule has 0 unspecified atom stereocenters. The van der Waals surface area contributed by atoms with Gasteiger partial charge in [-0.1, -0.05) is 60.7 Å². The van der Waals surface area contributed by atoms with Crippen molar-refractivity contribution in [3.05, 3.63) is 71.8 Å².